The van der Waals surface area contributed by atoms with E-state index in [1.165, 1.54) is 12.1 Å². The molecule has 3 rings (SSSR count). The van der Waals surface area contributed by atoms with Crippen LogP contribution in [0.1, 0.15) is 30.6 Å². The summed E-state index contributed by atoms with van der Waals surface area (Å²) in [5.41, 5.74) is -0.585. The summed E-state index contributed by atoms with van der Waals surface area (Å²) in [7, 11) is 0. The number of amides is 1. The minimum Gasteiger partial charge on any atom is -0.452 e. The fraction of sp³-hybridized carbons (Fsp3) is 0.364. The molecule has 0 bridgehead atoms. The quantitative estimate of drug-likeness (QED) is 0.406. The lowest BCUT2D eigenvalue weighted by molar-refractivity contribution is -0.384. The van der Waals surface area contributed by atoms with Crippen molar-refractivity contribution in [2.24, 2.45) is 11.8 Å². The van der Waals surface area contributed by atoms with Gasteiger partial charge in [0.15, 0.2) is 6.61 Å². The smallest absolute Gasteiger partial charge is 0.338 e. The van der Waals surface area contributed by atoms with Gasteiger partial charge in [0.1, 0.15) is 23.0 Å². The molecule has 0 aromatic heterocycles. The molecular weight excluding hydrogens is 424 g/mol. The van der Waals surface area contributed by atoms with Crippen LogP contribution in [0.3, 0.4) is 0 Å². The maximum absolute atomic E-state index is 13.6. The number of nitro groups is 1. The number of carbonyl (C=O) groups is 2. The SMILES string of the molecule is C[C@H]1C[C@H](C)CN(c2ccc(C(=O)OCC(=O)Nc3c(F)cccc3F)cc2[N+](=O)[O-])C1. The predicted molar refractivity (Wildman–Crippen MR) is 114 cm³/mol. The number of halogens is 2. The zero-order chi connectivity index (χ0) is 23.4. The van der Waals surface area contributed by atoms with E-state index in [1.807, 2.05) is 10.2 Å². The second-order valence-corrected chi connectivity index (χ2v) is 8.03. The number of nitro benzene ring substituents is 1. The average Bonchev–Trinajstić information content (AvgIpc) is 2.73. The van der Waals surface area contributed by atoms with Gasteiger partial charge < -0.3 is 15.0 Å². The summed E-state index contributed by atoms with van der Waals surface area (Å²) in [5, 5.41) is 13.6. The number of nitrogens with one attached hydrogen (secondary N) is 1. The van der Waals surface area contributed by atoms with Gasteiger partial charge in [0.05, 0.1) is 10.5 Å². The summed E-state index contributed by atoms with van der Waals surface area (Å²) >= 11 is 0. The average molecular weight is 447 g/mol. The van der Waals surface area contributed by atoms with Gasteiger partial charge in [0.25, 0.3) is 11.6 Å². The van der Waals surface area contributed by atoms with E-state index in [2.05, 4.69) is 13.8 Å². The molecule has 1 aliphatic rings. The number of rotatable bonds is 6. The molecule has 1 aliphatic heterocycles. The van der Waals surface area contributed by atoms with Gasteiger partial charge in [-0.1, -0.05) is 19.9 Å². The van der Waals surface area contributed by atoms with E-state index in [1.54, 1.807) is 0 Å². The summed E-state index contributed by atoms with van der Waals surface area (Å²) in [6.45, 7) is 4.68. The van der Waals surface area contributed by atoms with E-state index in [-0.39, 0.29) is 11.3 Å². The molecule has 0 unspecified atom stereocenters. The number of nitrogens with zero attached hydrogens (tertiary/aromatic N) is 2. The highest BCUT2D eigenvalue weighted by atomic mass is 19.1. The Hall–Kier alpha value is -3.56. The molecule has 2 aromatic carbocycles. The number of benzene rings is 2. The molecule has 8 nitrogen and oxygen atoms in total. The molecule has 0 saturated carbocycles. The van der Waals surface area contributed by atoms with Gasteiger partial charge in [0, 0.05) is 19.2 Å². The Morgan fingerprint density at radius 3 is 2.38 bits per heavy atom. The van der Waals surface area contributed by atoms with Crippen LogP contribution in [-0.2, 0) is 9.53 Å². The third-order valence-corrected chi connectivity index (χ3v) is 5.18. The first-order valence-electron chi connectivity index (χ1n) is 10.1. The molecule has 10 heteroatoms. The molecule has 170 valence electrons. The number of carbonyl (C=O) groups excluding carboxylic acids is 2. The van der Waals surface area contributed by atoms with E-state index < -0.39 is 40.7 Å². The van der Waals surface area contributed by atoms with Crippen LogP contribution in [0, 0.1) is 33.6 Å². The molecular formula is C22H23F2N3O5. The van der Waals surface area contributed by atoms with Crippen molar-refractivity contribution in [2.45, 2.75) is 20.3 Å². The summed E-state index contributed by atoms with van der Waals surface area (Å²) in [5.74, 6) is -3.12. The minimum atomic E-state index is -0.975. The van der Waals surface area contributed by atoms with Crippen molar-refractivity contribution in [3.8, 4) is 0 Å². The lowest BCUT2D eigenvalue weighted by Gasteiger charge is -2.36. The largest absolute Gasteiger partial charge is 0.452 e. The normalized spacial score (nSPS) is 18.2. The zero-order valence-corrected chi connectivity index (χ0v) is 17.6. The van der Waals surface area contributed by atoms with Gasteiger partial charge >= 0.3 is 5.97 Å². The minimum absolute atomic E-state index is 0.108. The Morgan fingerprint density at radius 2 is 1.78 bits per heavy atom. The van der Waals surface area contributed by atoms with Gasteiger partial charge in [0.2, 0.25) is 0 Å². The van der Waals surface area contributed by atoms with Crippen LogP contribution in [0.5, 0.6) is 0 Å². The van der Waals surface area contributed by atoms with Crippen molar-refractivity contribution in [2.75, 3.05) is 29.9 Å². The van der Waals surface area contributed by atoms with Crippen molar-refractivity contribution in [1.29, 1.82) is 0 Å². The molecule has 0 spiro atoms. The first-order chi connectivity index (χ1) is 15.2. The lowest BCUT2D eigenvalue weighted by atomic mass is 9.91. The number of hydrogen-bond donors (Lipinski definition) is 1. The van der Waals surface area contributed by atoms with Crippen LogP contribution in [0.2, 0.25) is 0 Å². The number of esters is 1. The van der Waals surface area contributed by atoms with E-state index in [4.69, 9.17) is 4.74 Å². The van der Waals surface area contributed by atoms with Crippen molar-refractivity contribution in [1.82, 2.24) is 0 Å². The molecule has 1 saturated heterocycles. The van der Waals surface area contributed by atoms with Gasteiger partial charge in [-0.25, -0.2) is 13.6 Å². The first kappa shape index (κ1) is 23.1. The zero-order valence-electron chi connectivity index (χ0n) is 17.6. The Labute approximate surface area is 183 Å². The standard InChI is InChI=1S/C22H23F2N3O5/c1-13-8-14(2)11-26(10-13)18-7-6-15(9-19(18)27(30)31)22(29)32-12-20(28)25-21-16(23)4-3-5-17(21)24/h3-7,9,13-14H,8,10-12H2,1-2H3,(H,25,28)/t13-,14-/m0/s1. The highest BCUT2D eigenvalue weighted by molar-refractivity contribution is 5.96. The second kappa shape index (κ2) is 9.71. The summed E-state index contributed by atoms with van der Waals surface area (Å²) in [6, 6.07) is 7.07. The van der Waals surface area contributed by atoms with E-state index in [0.717, 1.165) is 30.7 Å². The van der Waals surface area contributed by atoms with Crippen LogP contribution in [-0.4, -0.2) is 36.5 Å². The molecule has 2 atom stereocenters. The van der Waals surface area contributed by atoms with Crippen molar-refractivity contribution in [3.63, 3.8) is 0 Å². The van der Waals surface area contributed by atoms with Crippen LogP contribution >= 0.6 is 0 Å². The van der Waals surface area contributed by atoms with Crippen LogP contribution in [0.15, 0.2) is 36.4 Å². The molecule has 32 heavy (non-hydrogen) atoms. The first-order valence-corrected chi connectivity index (χ1v) is 10.1. The summed E-state index contributed by atoms with van der Waals surface area (Å²) in [6.07, 6.45) is 1.04. The molecule has 1 N–H and O–H groups in total. The third-order valence-electron chi connectivity index (χ3n) is 5.18. The predicted octanol–water partition coefficient (Wildman–Crippen LogP) is 4.15. The van der Waals surface area contributed by atoms with Crippen molar-refractivity contribution < 1.29 is 28.0 Å². The number of para-hydroxylation sites is 1. The van der Waals surface area contributed by atoms with E-state index >= 15 is 0 Å². The number of ether oxygens (including phenoxy) is 1. The summed E-state index contributed by atoms with van der Waals surface area (Å²) < 4.78 is 32.1. The maximum atomic E-state index is 13.6. The van der Waals surface area contributed by atoms with Crippen molar-refractivity contribution >= 4 is 28.9 Å². The Morgan fingerprint density at radius 1 is 1.16 bits per heavy atom. The van der Waals surface area contributed by atoms with Gasteiger partial charge in [-0.2, -0.15) is 0 Å². The topological polar surface area (TPSA) is 102 Å². The van der Waals surface area contributed by atoms with Crippen LogP contribution < -0.4 is 10.2 Å². The highest BCUT2D eigenvalue weighted by Crippen LogP contribution is 2.34. The third kappa shape index (κ3) is 5.37. The Bertz CT molecular complexity index is 1020. The van der Waals surface area contributed by atoms with Crippen LogP contribution in [0.4, 0.5) is 25.8 Å². The molecule has 0 aliphatic carbocycles. The van der Waals surface area contributed by atoms with E-state index in [0.29, 0.717) is 30.6 Å². The molecule has 1 amide bonds. The Kier molecular flexibility index (Phi) is 7.01. The lowest BCUT2D eigenvalue weighted by Crippen LogP contribution is -2.39. The molecule has 1 heterocycles. The Balaban J connectivity index is 1.69. The number of piperidine rings is 1. The molecule has 2 aromatic rings. The highest BCUT2D eigenvalue weighted by Gasteiger charge is 2.28. The maximum Gasteiger partial charge on any atom is 0.338 e. The fourth-order valence-corrected chi connectivity index (χ4v) is 3.93. The fourth-order valence-electron chi connectivity index (χ4n) is 3.93. The van der Waals surface area contributed by atoms with Crippen molar-refractivity contribution in [3.05, 3.63) is 63.7 Å². The monoisotopic (exact) mass is 447 g/mol. The summed E-state index contributed by atoms with van der Waals surface area (Å²) in [4.78, 5) is 37.2. The van der Waals surface area contributed by atoms with Crippen LogP contribution in [0.25, 0.3) is 0 Å². The van der Waals surface area contributed by atoms with Gasteiger partial charge in [-0.3, -0.25) is 14.9 Å². The number of hydrogen-bond acceptors (Lipinski definition) is 6. The molecule has 1 fully saturated rings. The molecule has 0 radical (unpaired) electrons. The second-order valence-electron chi connectivity index (χ2n) is 8.03. The van der Waals surface area contributed by atoms with Gasteiger partial charge in [-0.15, -0.1) is 0 Å². The van der Waals surface area contributed by atoms with E-state index in [9.17, 15) is 28.5 Å². The number of anilines is 2. The van der Waals surface area contributed by atoms with Gasteiger partial charge in [-0.05, 0) is 42.5 Å².